The van der Waals surface area contributed by atoms with E-state index in [1.807, 2.05) is 30.5 Å². The van der Waals surface area contributed by atoms with Crippen LogP contribution in [0.4, 0.5) is 0 Å². The van der Waals surface area contributed by atoms with Gasteiger partial charge in [-0.05, 0) is 54.7 Å². The normalized spacial score (nSPS) is 17.5. The van der Waals surface area contributed by atoms with Crippen molar-refractivity contribution in [2.24, 2.45) is 0 Å². The summed E-state index contributed by atoms with van der Waals surface area (Å²) in [6.07, 6.45) is 2.02. The summed E-state index contributed by atoms with van der Waals surface area (Å²) in [6, 6.07) is 11.1. The van der Waals surface area contributed by atoms with E-state index in [1.165, 1.54) is 7.11 Å². The number of hydrogen-bond acceptors (Lipinski definition) is 6. The molecule has 0 saturated heterocycles. The molecule has 2 atom stereocenters. The van der Waals surface area contributed by atoms with Crippen molar-refractivity contribution < 1.29 is 19.1 Å². The lowest BCUT2D eigenvalue weighted by molar-refractivity contribution is -0.124. The van der Waals surface area contributed by atoms with Gasteiger partial charge in [-0.3, -0.25) is 9.59 Å². The molecule has 0 aliphatic carbocycles. The molecule has 0 radical (unpaired) electrons. The topological polar surface area (TPSA) is 71.1 Å². The molecule has 0 fully saturated rings. The quantitative estimate of drug-likeness (QED) is 0.517. The molecule has 1 N–H and O–H groups in total. The molecule has 2 aromatic rings. The van der Waals surface area contributed by atoms with Crippen LogP contribution >= 0.6 is 11.8 Å². The average Bonchev–Trinajstić information content (AvgIpc) is 2.87. The Morgan fingerprint density at radius 2 is 1.71 bits per heavy atom. The van der Waals surface area contributed by atoms with Gasteiger partial charge in [-0.2, -0.15) is 0 Å². The summed E-state index contributed by atoms with van der Waals surface area (Å²) in [5.41, 5.74) is 2.03. The number of methoxy groups -OCH3 is 2. The predicted octanol–water partition coefficient (Wildman–Crippen LogP) is 3.79. The minimum atomic E-state index is -0.589. The molecule has 0 spiro atoms. The highest BCUT2D eigenvalue weighted by atomic mass is 32.2. The first-order valence-electron chi connectivity index (χ1n) is 11.6. The van der Waals surface area contributed by atoms with Crippen LogP contribution < -0.4 is 14.8 Å². The van der Waals surface area contributed by atoms with E-state index in [2.05, 4.69) is 24.1 Å². The van der Waals surface area contributed by atoms with Crippen molar-refractivity contribution in [3.8, 4) is 11.5 Å². The Morgan fingerprint density at radius 1 is 1.09 bits per heavy atom. The maximum Gasteiger partial charge on any atom is 0.254 e. The summed E-state index contributed by atoms with van der Waals surface area (Å²) in [5, 5.41) is 3.12. The number of benzene rings is 2. The van der Waals surface area contributed by atoms with Gasteiger partial charge in [0.05, 0.1) is 26.2 Å². The van der Waals surface area contributed by atoms with E-state index in [1.54, 1.807) is 43.0 Å². The molecular formula is C26H35N3O4S. The number of ether oxygens (including phenoxy) is 2. The number of fused-ring (bicyclic) bond motifs is 1. The summed E-state index contributed by atoms with van der Waals surface area (Å²) in [6.45, 7) is 7.38. The van der Waals surface area contributed by atoms with E-state index in [-0.39, 0.29) is 11.8 Å². The SMILES string of the molecule is CCN(CC)CCNC(=O)[C@@H]1c2cc(OC)c(OC)cc2C(=O)N(C)[C@H]1c1ccc(SC)cc1. The molecule has 7 nitrogen and oxygen atoms in total. The fourth-order valence-electron chi connectivity index (χ4n) is 4.54. The molecule has 3 rings (SSSR count). The molecule has 1 aliphatic rings. The Hall–Kier alpha value is -2.71. The van der Waals surface area contributed by atoms with Crippen LogP contribution in [0.25, 0.3) is 0 Å². The van der Waals surface area contributed by atoms with Gasteiger partial charge >= 0.3 is 0 Å². The van der Waals surface area contributed by atoms with E-state index < -0.39 is 12.0 Å². The zero-order valence-electron chi connectivity index (χ0n) is 20.9. The van der Waals surface area contributed by atoms with Crippen molar-refractivity contribution in [2.75, 3.05) is 53.7 Å². The van der Waals surface area contributed by atoms with Crippen molar-refractivity contribution >= 4 is 23.6 Å². The van der Waals surface area contributed by atoms with Gasteiger partial charge in [0.2, 0.25) is 5.91 Å². The number of thioether (sulfide) groups is 1. The molecule has 0 unspecified atom stereocenters. The molecule has 0 bridgehead atoms. The molecule has 1 aliphatic heterocycles. The zero-order chi connectivity index (χ0) is 24.8. The molecule has 2 aromatic carbocycles. The Kier molecular flexibility index (Phi) is 8.85. The lowest BCUT2D eigenvalue weighted by Crippen LogP contribution is -2.46. The Morgan fingerprint density at radius 3 is 2.26 bits per heavy atom. The standard InChI is InChI=1S/C26H35N3O4S/c1-7-29(8-2)14-13-27-25(30)23-19-15-21(32-4)22(33-5)16-20(19)26(31)28(3)24(23)17-9-11-18(34-6)12-10-17/h9-12,15-16,23-24H,7-8,13-14H2,1-6H3,(H,27,30)/t23-,24+/m1/s1. The third-order valence-corrected chi connectivity index (χ3v) is 7.28. The van der Waals surface area contributed by atoms with E-state index in [0.717, 1.165) is 30.1 Å². The first kappa shape index (κ1) is 25.9. The molecule has 34 heavy (non-hydrogen) atoms. The molecule has 0 saturated carbocycles. The second kappa shape index (κ2) is 11.6. The fraction of sp³-hybridized carbons (Fsp3) is 0.462. The Balaban J connectivity index is 2.06. The highest BCUT2D eigenvalue weighted by Gasteiger charge is 2.43. The van der Waals surface area contributed by atoms with Crippen LogP contribution in [0, 0.1) is 0 Å². The third-order valence-electron chi connectivity index (χ3n) is 6.54. The highest BCUT2D eigenvalue weighted by Crippen LogP contribution is 2.45. The molecular weight excluding hydrogens is 450 g/mol. The van der Waals surface area contributed by atoms with Gasteiger partial charge in [-0.1, -0.05) is 26.0 Å². The minimum Gasteiger partial charge on any atom is -0.493 e. The predicted molar refractivity (Wildman–Crippen MR) is 136 cm³/mol. The van der Waals surface area contributed by atoms with Gasteiger partial charge in [-0.15, -0.1) is 11.8 Å². The van der Waals surface area contributed by atoms with Crippen molar-refractivity contribution in [2.45, 2.75) is 30.7 Å². The summed E-state index contributed by atoms with van der Waals surface area (Å²) < 4.78 is 10.9. The molecule has 1 heterocycles. The Bertz CT molecular complexity index is 1010. The largest absolute Gasteiger partial charge is 0.493 e. The summed E-state index contributed by atoms with van der Waals surface area (Å²) in [4.78, 5) is 32.2. The Labute approximate surface area is 206 Å². The number of nitrogens with one attached hydrogen (secondary N) is 1. The van der Waals surface area contributed by atoms with Crippen molar-refractivity contribution in [1.29, 1.82) is 0 Å². The van der Waals surface area contributed by atoms with Crippen molar-refractivity contribution in [1.82, 2.24) is 15.1 Å². The van der Waals surface area contributed by atoms with E-state index in [9.17, 15) is 9.59 Å². The summed E-state index contributed by atoms with van der Waals surface area (Å²) in [7, 11) is 4.85. The molecule has 184 valence electrons. The average molecular weight is 486 g/mol. The monoisotopic (exact) mass is 485 g/mol. The lowest BCUT2D eigenvalue weighted by atomic mass is 9.79. The lowest BCUT2D eigenvalue weighted by Gasteiger charge is -2.40. The number of amides is 2. The van der Waals surface area contributed by atoms with Crippen molar-refractivity contribution in [3.05, 3.63) is 53.1 Å². The zero-order valence-corrected chi connectivity index (χ0v) is 21.7. The maximum atomic E-state index is 13.7. The summed E-state index contributed by atoms with van der Waals surface area (Å²) >= 11 is 1.65. The van der Waals surface area contributed by atoms with Gasteiger partial charge in [0.25, 0.3) is 5.91 Å². The number of nitrogens with zero attached hydrogens (tertiary/aromatic N) is 2. The van der Waals surface area contributed by atoms with Gasteiger partial charge in [0, 0.05) is 30.6 Å². The van der Waals surface area contributed by atoms with Crippen molar-refractivity contribution in [3.63, 3.8) is 0 Å². The van der Waals surface area contributed by atoms with Crippen LogP contribution in [0.1, 0.15) is 47.3 Å². The van der Waals surface area contributed by atoms with E-state index in [4.69, 9.17) is 9.47 Å². The van der Waals surface area contributed by atoms with Crippen LogP contribution in [0.5, 0.6) is 11.5 Å². The third kappa shape index (κ3) is 5.18. The van der Waals surface area contributed by atoms with Crippen LogP contribution in [-0.4, -0.2) is 75.3 Å². The number of carbonyl (C=O) groups excluding carboxylic acids is 2. The second-order valence-corrected chi connectivity index (χ2v) is 9.10. The van der Waals surface area contributed by atoms with E-state index in [0.29, 0.717) is 29.2 Å². The smallest absolute Gasteiger partial charge is 0.254 e. The number of rotatable bonds is 10. The minimum absolute atomic E-state index is 0.112. The molecule has 2 amide bonds. The highest BCUT2D eigenvalue weighted by molar-refractivity contribution is 7.98. The first-order valence-corrected chi connectivity index (χ1v) is 12.8. The second-order valence-electron chi connectivity index (χ2n) is 8.22. The van der Waals surface area contributed by atoms with Gasteiger partial charge in [-0.25, -0.2) is 0 Å². The van der Waals surface area contributed by atoms with E-state index >= 15 is 0 Å². The van der Waals surface area contributed by atoms with Gasteiger partial charge in [0.1, 0.15) is 0 Å². The molecule has 0 aromatic heterocycles. The first-order chi connectivity index (χ1) is 16.4. The van der Waals surface area contributed by atoms with Gasteiger partial charge < -0.3 is 24.6 Å². The van der Waals surface area contributed by atoms with Crippen LogP contribution in [-0.2, 0) is 4.79 Å². The van der Waals surface area contributed by atoms with Crippen LogP contribution in [0.2, 0.25) is 0 Å². The fourth-order valence-corrected chi connectivity index (χ4v) is 4.94. The van der Waals surface area contributed by atoms with Gasteiger partial charge in [0.15, 0.2) is 11.5 Å². The van der Waals surface area contributed by atoms with Crippen LogP contribution in [0.3, 0.4) is 0 Å². The summed E-state index contributed by atoms with van der Waals surface area (Å²) in [5.74, 6) is 0.109. The number of likely N-dealkylation sites (N-methyl/N-ethyl adjacent to an activating group) is 2. The number of hydrogen-bond donors (Lipinski definition) is 1. The van der Waals surface area contributed by atoms with Crippen LogP contribution in [0.15, 0.2) is 41.3 Å². The maximum absolute atomic E-state index is 13.7. The molecule has 8 heteroatoms. The number of carbonyl (C=O) groups is 2.